The Kier molecular flexibility index (Phi) is 11.0. The van der Waals surface area contributed by atoms with Crippen LogP contribution in [0, 0.1) is 5.82 Å². The quantitative estimate of drug-likeness (QED) is 0.272. The second-order valence-electron chi connectivity index (χ2n) is 6.67. The van der Waals surface area contributed by atoms with E-state index in [0.29, 0.717) is 44.4 Å². The molecule has 1 aromatic carbocycles. The molecular weight excluding hydrogens is 530 g/mol. The Balaban J connectivity index is 0.00000364. The average molecular weight is 559 g/mol. The zero-order valence-electron chi connectivity index (χ0n) is 15.8. The molecule has 154 valence electrons. The summed E-state index contributed by atoms with van der Waals surface area (Å²) < 4.78 is 20.0. The van der Waals surface area contributed by atoms with Gasteiger partial charge < -0.3 is 20.5 Å². The Labute approximate surface area is 186 Å². The van der Waals surface area contributed by atoms with Crippen molar-refractivity contribution in [2.75, 3.05) is 45.9 Å². The van der Waals surface area contributed by atoms with E-state index >= 15 is 0 Å². The van der Waals surface area contributed by atoms with Crippen molar-refractivity contribution in [1.82, 2.24) is 15.5 Å². The molecule has 1 saturated heterocycles. The Hall–Kier alpha value is -0.490. The summed E-state index contributed by atoms with van der Waals surface area (Å²) in [7, 11) is 0. The van der Waals surface area contributed by atoms with Crippen LogP contribution in [0.1, 0.15) is 19.4 Å². The minimum absolute atomic E-state index is 0. The second-order valence-corrected chi connectivity index (χ2v) is 7.59. The molecule has 1 fully saturated rings. The molecule has 0 bridgehead atoms. The Bertz CT molecular complexity index is 613. The molecule has 1 aromatic rings. The fourth-order valence-electron chi connectivity index (χ4n) is 2.74. The fraction of sp³-hybridized carbons (Fsp3) is 0.611. The third-order valence-corrected chi connectivity index (χ3v) is 4.56. The number of aliphatic imine (C=N–C) groups is 1. The molecule has 2 rings (SSSR count). The van der Waals surface area contributed by atoms with Gasteiger partial charge in [-0.3, -0.25) is 4.90 Å². The van der Waals surface area contributed by atoms with Crippen molar-refractivity contribution in [3.63, 3.8) is 0 Å². The van der Waals surface area contributed by atoms with Gasteiger partial charge in [-0.05, 0) is 32.0 Å². The normalized spacial score (nSPS) is 17.7. The fourth-order valence-corrected chi connectivity index (χ4v) is 3.15. The van der Waals surface area contributed by atoms with Crippen LogP contribution >= 0.6 is 39.9 Å². The molecule has 0 radical (unpaired) electrons. The topological polar surface area (TPSA) is 69.1 Å². The predicted octanol–water partition coefficient (Wildman–Crippen LogP) is 2.34. The number of nitrogens with one attached hydrogen (secondary N) is 2. The van der Waals surface area contributed by atoms with Crippen LogP contribution in [-0.2, 0) is 11.3 Å². The maximum Gasteiger partial charge on any atom is 0.191 e. The lowest BCUT2D eigenvalue weighted by Gasteiger charge is -2.34. The SMILES string of the molecule is CCNC(=NCc1cc(Br)ccc1F)NCC(C)(O)CN1CCOCC1.I. The van der Waals surface area contributed by atoms with Gasteiger partial charge in [0.25, 0.3) is 0 Å². The van der Waals surface area contributed by atoms with E-state index in [1.54, 1.807) is 19.1 Å². The summed E-state index contributed by atoms with van der Waals surface area (Å²) >= 11 is 3.35. The molecule has 3 N–H and O–H groups in total. The third-order valence-electron chi connectivity index (χ3n) is 4.06. The van der Waals surface area contributed by atoms with Gasteiger partial charge in [-0.1, -0.05) is 15.9 Å². The van der Waals surface area contributed by atoms with Gasteiger partial charge in [0.05, 0.1) is 25.4 Å². The molecule has 6 nitrogen and oxygen atoms in total. The van der Waals surface area contributed by atoms with Gasteiger partial charge in [-0.15, -0.1) is 24.0 Å². The van der Waals surface area contributed by atoms with Gasteiger partial charge in [0.2, 0.25) is 0 Å². The van der Waals surface area contributed by atoms with E-state index in [1.807, 2.05) is 6.92 Å². The molecule has 1 atom stereocenters. The molecule has 9 heteroatoms. The van der Waals surface area contributed by atoms with Crippen LogP contribution in [-0.4, -0.2) is 67.5 Å². The van der Waals surface area contributed by atoms with E-state index in [2.05, 4.69) is 36.5 Å². The van der Waals surface area contributed by atoms with Gasteiger partial charge in [0.1, 0.15) is 5.82 Å². The summed E-state index contributed by atoms with van der Waals surface area (Å²) in [6.07, 6.45) is 0. The summed E-state index contributed by atoms with van der Waals surface area (Å²) in [5.74, 6) is 0.265. The summed E-state index contributed by atoms with van der Waals surface area (Å²) in [5, 5.41) is 16.9. The molecule has 27 heavy (non-hydrogen) atoms. The number of hydrogen-bond donors (Lipinski definition) is 3. The Morgan fingerprint density at radius 2 is 2.07 bits per heavy atom. The number of ether oxygens (including phenoxy) is 1. The highest BCUT2D eigenvalue weighted by atomic mass is 127. The molecule has 0 aliphatic carbocycles. The van der Waals surface area contributed by atoms with E-state index in [1.165, 1.54) is 6.07 Å². The van der Waals surface area contributed by atoms with E-state index in [4.69, 9.17) is 4.74 Å². The monoisotopic (exact) mass is 558 g/mol. The standard InChI is InChI=1S/C18H28BrFN4O2.HI/c1-3-21-17(22-11-14-10-15(19)4-5-16(14)20)23-12-18(2,25)13-24-6-8-26-9-7-24;/h4-5,10,25H,3,6-9,11-13H2,1-2H3,(H2,21,22,23);1H. The van der Waals surface area contributed by atoms with Gasteiger partial charge >= 0.3 is 0 Å². The van der Waals surface area contributed by atoms with Gasteiger partial charge in [0, 0.05) is 42.8 Å². The van der Waals surface area contributed by atoms with Crippen LogP contribution in [0.25, 0.3) is 0 Å². The summed E-state index contributed by atoms with van der Waals surface area (Å²) in [4.78, 5) is 6.61. The minimum atomic E-state index is -0.908. The molecule has 0 saturated carbocycles. The van der Waals surface area contributed by atoms with Crippen LogP contribution in [0.5, 0.6) is 0 Å². The molecule has 1 heterocycles. The van der Waals surface area contributed by atoms with E-state index in [-0.39, 0.29) is 36.3 Å². The number of guanidine groups is 1. The van der Waals surface area contributed by atoms with Crippen molar-refractivity contribution in [2.45, 2.75) is 26.0 Å². The number of hydrogen-bond acceptors (Lipinski definition) is 4. The van der Waals surface area contributed by atoms with Crippen LogP contribution in [0.2, 0.25) is 0 Å². The number of benzene rings is 1. The third kappa shape index (κ3) is 9.03. The number of halogens is 3. The number of morpholine rings is 1. The lowest BCUT2D eigenvalue weighted by atomic mass is 10.1. The van der Waals surface area contributed by atoms with E-state index in [0.717, 1.165) is 17.6 Å². The van der Waals surface area contributed by atoms with Crippen molar-refractivity contribution in [3.05, 3.63) is 34.1 Å². The molecule has 1 unspecified atom stereocenters. The van der Waals surface area contributed by atoms with Crippen molar-refractivity contribution < 1.29 is 14.2 Å². The number of β-amino-alcohol motifs (C(OH)–C–C–N with tert-alkyl or cyclic N) is 1. The van der Waals surface area contributed by atoms with Crippen LogP contribution in [0.3, 0.4) is 0 Å². The highest BCUT2D eigenvalue weighted by Crippen LogP contribution is 2.16. The largest absolute Gasteiger partial charge is 0.387 e. The highest BCUT2D eigenvalue weighted by Gasteiger charge is 2.25. The maximum atomic E-state index is 13.9. The molecular formula is C18H29BrFIN4O2. The van der Waals surface area contributed by atoms with Gasteiger partial charge in [-0.25, -0.2) is 9.38 Å². The summed E-state index contributed by atoms with van der Waals surface area (Å²) in [6, 6.07) is 4.80. The van der Waals surface area contributed by atoms with Crippen molar-refractivity contribution in [1.29, 1.82) is 0 Å². The first kappa shape index (κ1) is 24.5. The van der Waals surface area contributed by atoms with Crippen LogP contribution in [0.15, 0.2) is 27.7 Å². The predicted molar refractivity (Wildman–Crippen MR) is 120 cm³/mol. The Morgan fingerprint density at radius 1 is 1.37 bits per heavy atom. The molecule has 1 aliphatic heterocycles. The summed E-state index contributed by atoms with van der Waals surface area (Å²) in [5.41, 5.74) is -0.397. The molecule has 0 spiro atoms. The molecule has 0 amide bonds. The lowest BCUT2D eigenvalue weighted by Crippen LogP contribution is -2.52. The zero-order valence-corrected chi connectivity index (χ0v) is 19.7. The minimum Gasteiger partial charge on any atom is -0.387 e. The summed E-state index contributed by atoms with van der Waals surface area (Å²) in [6.45, 7) is 8.61. The smallest absolute Gasteiger partial charge is 0.191 e. The van der Waals surface area contributed by atoms with E-state index < -0.39 is 5.60 Å². The Morgan fingerprint density at radius 3 is 2.74 bits per heavy atom. The molecule has 0 aromatic heterocycles. The zero-order chi connectivity index (χ0) is 19.0. The van der Waals surface area contributed by atoms with Crippen molar-refractivity contribution in [3.8, 4) is 0 Å². The van der Waals surface area contributed by atoms with Crippen LogP contribution < -0.4 is 10.6 Å². The molecule has 1 aliphatic rings. The highest BCUT2D eigenvalue weighted by molar-refractivity contribution is 14.0. The number of aliphatic hydroxyl groups is 1. The second kappa shape index (κ2) is 12.2. The maximum absolute atomic E-state index is 13.9. The van der Waals surface area contributed by atoms with E-state index in [9.17, 15) is 9.50 Å². The average Bonchev–Trinajstić information content (AvgIpc) is 2.60. The van der Waals surface area contributed by atoms with Gasteiger partial charge in [-0.2, -0.15) is 0 Å². The van der Waals surface area contributed by atoms with Crippen molar-refractivity contribution in [2.24, 2.45) is 4.99 Å². The van der Waals surface area contributed by atoms with Crippen molar-refractivity contribution >= 4 is 45.9 Å². The van der Waals surface area contributed by atoms with Gasteiger partial charge in [0.15, 0.2) is 5.96 Å². The number of rotatable bonds is 7. The van der Waals surface area contributed by atoms with Crippen LogP contribution in [0.4, 0.5) is 4.39 Å². The first-order valence-electron chi connectivity index (χ1n) is 8.88. The number of nitrogens with zero attached hydrogens (tertiary/aromatic N) is 2. The first-order valence-corrected chi connectivity index (χ1v) is 9.67. The first-order chi connectivity index (χ1) is 12.4. The lowest BCUT2D eigenvalue weighted by molar-refractivity contribution is -0.0201.